The van der Waals surface area contributed by atoms with Gasteiger partial charge in [-0.15, -0.1) is 0 Å². The number of rotatable bonds is 5. The van der Waals surface area contributed by atoms with E-state index in [0.717, 1.165) is 22.3 Å². The number of aryl methyl sites for hydroxylation is 1. The van der Waals surface area contributed by atoms with Crippen LogP contribution in [0, 0.1) is 10.1 Å². The minimum absolute atomic E-state index is 0.0764. The van der Waals surface area contributed by atoms with Crippen molar-refractivity contribution >= 4 is 28.4 Å². The summed E-state index contributed by atoms with van der Waals surface area (Å²) >= 11 is 0. The van der Waals surface area contributed by atoms with Gasteiger partial charge in [0.1, 0.15) is 5.65 Å². The standard InChI is InChI=1S/C17H15N7O2/c1-22-11-14(9-19-22)20-17-18-8-13-5-6-23(16(13)21-17)10-12-3-2-4-15(7-12)24(25)26/h2-9,11H,10H2,1H3,(H,18,20,21). The molecule has 4 rings (SSSR count). The zero-order valence-corrected chi connectivity index (χ0v) is 13.9. The molecule has 9 heteroatoms. The number of aromatic nitrogens is 5. The van der Waals surface area contributed by atoms with Gasteiger partial charge in [-0.25, -0.2) is 4.98 Å². The molecule has 26 heavy (non-hydrogen) atoms. The first-order chi connectivity index (χ1) is 12.6. The fraction of sp³-hybridized carbons (Fsp3) is 0.118. The number of non-ortho nitro benzene ring substituents is 1. The van der Waals surface area contributed by atoms with Crippen molar-refractivity contribution in [2.24, 2.45) is 7.05 Å². The van der Waals surface area contributed by atoms with Crippen LogP contribution in [0.2, 0.25) is 0 Å². The maximum Gasteiger partial charge on any atom is 0.269 e. The highest BCUT2D eigenvalue weighted by atomic mass is 16.6. The molecule has 0 radical (unpaired) electrons. The van der Waals surface area contributed by atoms with E-state index < -0.39 is 4.92 Å². The SMILES string of the molecule is Cn1cc(Nc2ncc3ccn(Cc4cccc([N+](=O)[O-])c4)c3n2)cn1. The van der Waals surface area contributed by atoms with Crippen LogP contribution in [0.15, 0.2) is 55.1 Å². The van der Waals surface area contributed by atoms with Crippen LogP contribution in [0.5, 0.6) is 0 Å². The topological polar surface area (TPSA) is 104 Å². The summed E-state index contributed by atoms with van der Waals surface area (Å²) in [4.78, 5) is 19.4. The molecule has 0 aliphatic carbocycles. The highest BCUT2D eigenvalue weighted by molar-refractivity contribution is 5.76. The van der Waals surface area contributed by atoms with Crippen LogP contribution < -0.4 is 5.32 Å². The maximum absolute atomic E-state index is 11.0. The van der Waals surface area contributed by atoms with Crippen molar-refractivity contribution in [1.82, 2.24) is 24.3 Å². The summed E-state index contributed by atoms with van der Waals surface area (Å²) in [5, 5.41) is 19.1. The van der Waals surface area contributed by atoms with Crippen molar-refractivity contribution in [3.63, 3.8) is 0 Å². The summed E-state index contributed by atoms with van der Waals surface area (Å²) in [5.74, 6) is 0.462. The van der Waals surface area contributed by atoms with E-state index in [4.69, 9.17) is 0 Å². The molecule has 0 atom stereocenters. The van der Waals surface area contributed by atoms with Gasteiger partial charge < -0.3 is 9.88 Å². The van der Waals surface area contributed by atoms with Gasteiger partial charge in [-0.1, -0.05) is 12.1 Å². The quantitative estimate of drug-likeness (QED) is 0.439. The number of fused-ring (bicyclic) bond motifs is 1. The zero-order chi connectivity index (χ0) is 18.1. The number of nitro benzene ring substituents is 1. The molecule has 0 aliphatic heterocycles. The number of nitrogens with zero attached hydrogens (tertiary/aromatic N) is 6. The molecular weight excluding hydrogens is 334 g/mol. The van der Waals surface area contributed by atoms with E-state index in [1.165, 1.54) is 6.07 Å². The monoisotopic (exact) mass is 349 g/mol. The Bertz CT molecular complexity index is 1100. The van der Waals surface area contributed by atoms with E-state index >= 15 is 0 Å². The molecule has 9 nitrogen and oxygen atoms in total. The van der Waals surface area contributed by atoms with Gasteiger partial charge in [-0.3, -0.25) is 14.8 Å². The van der Waals surface area contributed by atoms with Crippen molar-refractivity contribution in [1.29, 1.82) is 0 Å². The Kier molecular flexibility index (Phi) is 3.81. The van der Waals surface area contributed by atoms with E-state index in [0.29, 0.717) is 12.5 Å². The molecule has 0 bridgehead atoms. The Morgan fingerprint density at radius 2 is 2.15 bits per heavy atom. The third kappa shape index (κ3) is 3.09. The lowest BCUT2D eigenvalue weighted by molar-refractivity contribution is -0.384. The first-order valence-electron chi connectivity index (χ1n) is 7.89. The molecule has 0 saturated heterocycles. The lowest BCUT2D eigenvalue weighted by atomic mass is 10.2. The van der Waals surface area contributed by atoms with Crippen LogP contribution in [0.1, 0.15) is 5.56 Å². The van der Waals surface area contributed by atoms with Crippen molar-refractivity contribution in [3.05, 3.63) is 70.8 Å². The highest BCUT2D eigenvalue weighted by Gasteiger charge is 2.09. The molecule has 1 N–H and O–H groups in total. The summed E-state index contributed by atoms with van der Waals surface area (Å²) in [6.45, 7) is 0.481. The van der Waals surface area contributed by atoms with Crippen molar-refractivity contribution < 1.29 is 4.92 Å². The molecule has 3 aromatic heterocycles. The Labute approximate surface area is 148 Å². The van der Waals surface area contributed by atoms with E-state index in [2.05, 4.69) is 20.4 Å². The van der Waals surface area contributed by atoms with Crippen LogP contribution in [0.25, 0.3) is 11.0 Å². The number of benzene rings is 1. The number of anilines is 2. The van der Waals surface area contributed by atoms with Gasteiger partial charge in [-0.05, 0) is 11.6 Å². The minimum atomic E-state index is -0.393. The normalized spacial score (nSPS) is 11.0. The van der Waals surface area contributed by atoms with Gasteiger partial charge >= 0.3 is 0 Å². The van der Waals surface area contributed by atoms with Gasteiger partial charge in [0.15, 0.2) is 0 Å². The molecule has 0 unspecified atom stereocenters. The molecule has 0 fully saturated rings. The van der Waals surface area contributed by atoms with Crippen molar-refractivity contribution in [2.75, 3.05) is 5.32 Å². The van der Waals surface area contributed by atoms with Crippen LogP contribution in [-0.2, 0) is 13.6 Å². The summed E-state index contributed by atoms with van der Waals surface area (Å²) in [6, 6.07) is 8.51. The molecule has 3 heterocycles. The lowest BCUT2D eigenvalue weighted by Crippen LogP contribution is -2.02. The molecular formula is C17H15N7O2. The highest BCUT2D eigenvalue weighted by Crippen LogP contribution is 2.20. The number of nitrogens with one attached hydrogen (secondary N) is 1. The van der Waals surface area contributed by atoms with Crippen LogP contribution in [0.4, 0.5) is 17.3 Å². The third-order valence-electron chi connectivity index (χ3n) is 3.94. The summed E-state index contributed by atoms with van der Waals surface area (Å²) in [6.07, 6.45) is 7.16. The second-order valence-electron chi connectivity index (χ2n) is 5.87. The molecule has 0 saturated carbocycles. The molecule has 0 aliphatic rings. The number of hydrogen-bond acceptors (Lipinski definition) is 6. The van der Waals surface area contributed by atoms with Gasteiger partial charge in [0.25, 0.3) is 5.69 Å². The van der Waals surface area contributed by atoms with Crippen LogP contribution in [0.3, 0.4) is 0 Å². The maximum atomic E-state index is 11.0. The Morgan fingerprint density at radius 3 is 2.92 bits per heavy atom. The van der Waals surface area contributed by atoms with Gasteiger partial charge in [0.05, 0.1) is 16.8 Å². The number of nitro groups is 1. The zero-order valence-electron chi connectivity index (χ0n) is 13.9. The van der Waals surface area contributed by atoms with Crippen LogP contribution >= 0.6 is 0 Å². The largest absolute Gasteiger partial charge is 0.328 e. The molecule has 130 valence electrons. The Balaban J connectivity index is 1.64. The predicted molar refractivity (Wildman–Crippen MR) is 96.2 cm³/mol. The van der Waals surface area contributed by atoms with Gasteiger partial charge in [0, 0.05) is 49.7 Å². The first kappa shape index (κ1) is 15.8. The van der Waals surface area contributed by atoms with E-state index in [1.807, 2.05) is 36.1 Å². The molecule has 0 spiro atoms. The molecule has 0 amide bonds. The van der Waals surface area contributed by atoms with Crippen molar-refractivity contribution in [2.45, 2.75) is 6.54 Å². The Hall–Kier alpha value is -3.75. The average Bonchev–Trinajstić information content (AvgIpc) is 3.21. The van der Waals surface area contributed by atoms with Crippen LogP contribution in [-0.4, -0.2) is 29.2 Å². The smallest absolute Gasteiger partial charge is 0.269 e. The molecule has 1 aromatic carbocycles. The first-order valence-corrected chi connectivity index (χ1v) is 7.89. The fourth-order valence-corrected chi connectivity index (χ4v) is 2.74. The van der Waals surface area contributed by atoms with Gasteiger partial charge in [0.2, 0.25) is 5.95 Å². The lowest BCUT2D eigenvalue weighted by Gasteiger charge is -2.07. The fourth-order valence-electron chi connectivity index (χ4n) is 2.74. The molecule has 4 aromatic rings. The predicted octanol–water partition coefficient (Wildman–Crippen LogP) is 2.86. The number of hydrogen-bond donors (Lipinski definition) is 1. The average molecular weight is 349 g/mol. The summed E-state index contributed by atoms with van der Waals surface area (Å²) in [7, 11) is 1.83. The third-order valence-corrected chi connectivity index (χ3v) is 3.94. The second-order valence-corrected chi connectivity index (χ2v) is 5.87. The van der Waals surface area contributed by atoms with E-state index in [9.17, 15) is 10.1 Å². The second kappa shape index (κ2) is 6.28. The minimum Gasteiger partial charge on any atom is -0.328 e. The summed E-state index contributed by atoms with van der Waals surface area (Å²) < 4.78 is 3.62. The summed E-state index contributed by atoms with van der Waals surface area (Å²) in [5.41, 5.74) is 2.45. The Morgan fingerprint density at radius 1 is 1.27 bits per heavy atom. The van der Waals surface area contributed by atoms with E-state index in [1.54, 1.807) is 29.2 Å². The van der Waals surface area contributed by atoms with E-state index in [-0.39, 0.29) is 5.69 Å². The van der Waals surface area contributed by atoms with Gasteiger partial charge in [-0.2, -0.15) is 10.1 Å². The van der Waals surface area contributed by atoms with Crippen molar-refractivity contribution in [3.8, 4) is 0 Å².